The lowest BCUT2D eigenvalue weighted by Crippen LogP contribution is -2.21. The number of hydrogen-bond acceptors (Lipinski definition) is 6. The second-order valence-electron chi connectivity index (χ2n) is 4.16. The highest BCUT2D eigenvalue weighted by atomic mass is 32.3. The highest BCUT2D eigenvalue weighted by Crippen LogP contribution is 2.23. The first-order valence-electron chi connectivity index (χ1n) is 5.92. The predicted molar refractivity (Wildman–Crippen MR) is 83.4 cm³/mol. The first-order chi connectivity index (χ1) is 9.72. The molecule has 21 heavy (non-hydrogen) atoms. The number of rotatable bonds is 6. The van der Waals surface area contributed by atoms with Crippen molar-refractivity contribution >= 4 is 42.7 Å². The molecule has 0 saturated heterocycles. The van der Waals surface area contributed by atoms with Crippen LogP contribution in [0.4, 0.5) is 0 Å². The number of sulfonamides is 2. The molecule has 116 valence electrons. The highest BCUT2D eigenvalue weighted by molar-refractivity contribution is 7.91. The Labute approximate surface area is 131 Å². The Morgan fingerprint density at radius 2 is 1.57 bits per heavy atom. The molecule has 0 aliphatic rings. The van der Waals surface area contributed by atoms with Gasteiger partial charge in [0.05, 0.1) is 0 Å². The Morgan fingerprint density at radius 3 is 2.10 bits per heavy atom. The third kappa shape index (κ3) is 4.11. The second kappa shape index (κ2) is 6.15. The average Bonchev–Trinajstić information content (AvgIpc) is 3.05. The van der Waals surface area contributed by atoms with Crippen molar-refractivity contribution in [2.45, 2.75) is 28.3 Å². The summed E-state index contributed by atoms with van der Waals surface area (Å²) in [5, 5.41) is 5.01. The summed E-state index contributed by atoms with van der Waals surface area (Å²) in [5.74, 6) is 0. The van der Waals surface area contributed by atoms with Crippen LogP contribution in [0.2, 0.25) is 0 Å². The number of aryl methyl sites for hydroxylation is 1. The van der Waals surface area contributed by atoms with E-state index in [1.807, 2.05) is 6.92 Å². The standard InChI is InChI=1S/C11H14N2O4S4/c1-2-8-3-6-11(18-8)21(16,17)13-7-9-4-5-10(19-9)20(12,14)15/h3-6,13H,2,7H2,1H3,(H2,12,14,15). The van der Waals surface area contributed by atoms with Crippen LogP contribution in [0.5, 0.6) is 0 Å². The Morgan fingerprint density at radius 1 is 1.00 bits per heavy atom. The molecule has 2 rings (SSSR count). The number of hydrogen-bond donors (Lipinski definition) is 2. The third-order valence-corrected chi connectivity index (χ3v) is 8.25. The molecule has 0 aliphatic heterocycles. The van der Waals surface area contributed by atoms with Gasteiger partial charge in [-0.2, -0.15) is 0 Å². The third-order valence-electron chi connectivity index (χ3n) is 2.60. The Balaban J connectivity index is 2.10. The van der Waals surface area contributed by atoms with Gasteiger partial charge in [0.1, 0.15) is 8.42 Å². The molecule has 2 aromatic rings. The molecule has 0 saturated carbocycles. The highest BCUT2D eigenvalue weighted by Gasteiger charge is 2.17. The van der Waals surface area contributed by atoms with Gasteiger partial charge in [-0.15, -0.1) is 22.7 Å². The van der Waals surface area contributed by atoms with Crippen LogP contribution in [0.1, 0.15) is 16.7 Å². The summed E-state index contributed by atoms with van der Waals surface area (Å²) in [5.41, 5.74) is 0. The minimum atomic E-state index is -3.74. The van der Waals surface area contributed by atoms with Crippen LogP contribution in [0, 0.1) is 0 Å². The lowest BCUT2D eigenvalue weighted by Gasteiger charge is -2.02. The molecular formula is C11H14N2O4S4. The molecular weight excluding hydrogens is 352 g/mol. The van der Waals surface area contributed by atoms with Crippen molar-refractivity contribution in [2.24, 2.45) is 5.14 Å². The molecule has 3 N–H and O–H groups in total. The van der Waals surface area contributed by atoms with Crippen molar-refractivity contribution in [1.29, 1.82) is 0 Å². The van der Waals surface area contributed by atoms with Crippen molar-refractivity contribution in [2.75, 3.05) is 0 Å². The zero-order chi connectivity index (χ0) is 15.7. The molecule has 2 aromatic heterocycles. The summed E-state index contributed by atoms with van der Waals surface area (Å²) in [7, 11) is -7.32. The van der Waals surface area contributed by atoms with Crippen molar-refractivity contribution in [3.05, 3.63) is 34.0 Å². The molecule has 0 aliphatic carbocycles. The predicted octanol–water partition coefficient (Wildman–Crippen LogP) is 1.50. The van der Waals surface area contributed by atoms with Gasteiger partial charge in [-0.1, -0.05) is 6.92 Å². The van der Waals surface area contributed by atoms with Crippen molar-refractivity contribution in [3.63, 3.8) is 0 Å². The van der Waals surface area contributed by atoms with E-state index in [0.29, 0.717) is 4.88 Å². The van der Waals surface area contributed by atoms with Crippen LogP contribution in [0.15, 0.2) is 32.7 Å². The fraction of sp³-hybridized carbons (Fsp3) is 0.273. The maximum atomic E-state index is 12.1. The van der Waals surface area contributed by atoms with Crippen LogP contribution < -0.4 is 9.86 Å². The minimum absolute atomic E-state index is 0.0149. The topological polar surface area (TPSA) is 106 Å². The van der Waals surface area contributed by atoms with Crippen molar-refractivity contribution < 1.29 is 16.8 Å². The normalized spacial score (nSPS) is 12.7. The van der Waals surface area contributed by atoms with Gasteiger partial charge in [0.2, 0.25) is 20.0 Å². The molecule has 0 radical (unpaired) electrons. The van der Waals surface area contributed by atoms with Gasteiger partial charge in [-0.05, 0) is 30.7 Å². The van der Waals surface area contributed by atoms with E-state index in [0.717, 1.165) is 22.6 Å². The molecule has 0 aromatic carbocycles. The quantitative estimate of drug-likeness (QED) is 0.808. The zero-order valence-electron chi connectivity index (χ0n) is 11.1. The number of nitrogens with one attached hydrogen (secondary N) is 1. The van der Waals surface area contributed by atoms with Gasteiger partial charge in [0, 0.05) is 16.3 Å². The van der Waals surface area contributed by atoms with Gasteiger partial charge in [-0.3, -0.25) is 0 Å². The Hall–Kier alpha value is -0.780. The summed E-state index contributed by atoms with van der Waals surface area (Å²) >= 11 is 2.17. The van der Waals surface area contributed by atoms with Gasteiger partial charge < -0.3 is 0 Å². The van der Waals surface area contributed by atoms with E-state index in [4.69, 9.17) is 5.14 Å². The second-order valence-corrected chi connectivity index (χ2v) is 10.3. The number of nitrogens with two attached hydrogens (primary N) is 1. The summed E-state index contributed by atoms with van der Waals surface area (Å²) in [6.07, 6.45) is 0.781. The summed E-state index contributed by atoms with van der Waals surface area (Å²) in [6, 6.07) is 6.25. The largest absolute Gasteiger partial charge is 0.250 e. The van der Waals surface area contributed by atoms with E-state index in [9.17, 15) is 16.8 Å². The zero-order valence-corrected chi connectivity index (χ0v) is 14.3. The fourth-order valence-corrected chi connectivity index (χ4v) is 5.69. The first kappa shape index (κ1) is 16.6. The summed E-state index contributed by atoms with van der Waals surface area (Å²) in [6.45, 7) is 1.98. The molecule has 6 nitrogen and oxygen atoms in total. The van der Waals surface area contributed by atoms with Crippen LogP contribution in [-0.4, -0.2) is 16.8 Å². The molecule has 2 heterocycles. The SMILES string of the molecule is CCc1ccc(S(=O)(=O)NCc2ccc(S(N)(=O)=O)s2)s1. The van der Waals surface area contributed by atoms with E-state index in [1.165, 1.54) is 17.4 Å². The molecule has 0 amide bonds. The molecule has 0 bridgehead atoms. The van der Waals surface area contributed by atoms with E-state index in [-0.39, 0.29) is 15.0 Å². The Kier molecular flexibility index (Phi) is 4.85. The maximum absolute atomic E-state index is 12.1. The van der Waals surface area contributed by atoms with E-state index >= 15 is 0 Å². The van der Waals surface area contributed by atoms with Gasteiger partial charge in [0.25, 0.3) is 0 Å². The molecule has 10 heteroatoms. The maximum Gasteiger partial charge on any atom is 0.250 e. The van der Waals surface area contributed by atoms with Gasteiger partial charge in [0.15, 0.2) is 0 Å². The smallest absolute Gasteiger partial charge is 0.224 e. The fourth-order valence-electron chi connectivity index (χ4n) is 1.54. The summed E-state index contributed by atoms with van der Waals surface area (Å²) in [4.78, 5) is 1.57. The molecule has 0 atom stereocenters. The molecule has 0 unspecified atom stereocenters. The van der Waals surface area contributed by atoms with E-state index in [2.05, 4.69) is 4.72 Å². The van der Waals surface area contributed by atoms with Crippen molar-refractivity contribution in [3.8, 4) is 0 Å². The minimum Gasteiger partial charge on any atom is -0.224 e. The first-order valence-corrected chi connectivity index (χ1v) is 10.6. The molecule has 0 spiro atoms. The number of primary sulfonamides is 1. The van der Waals surface area contributed by atoms with E-state index in [1.54, 1.807) is 18.2 Å². The molecule has 0 fully saturated rings. The number of thiophene rings is 2. The summed E-state index contributed by atoms with van der Waals surface area (Å²) < 4.78 is 49.2. The van der Waals surface area contributed by atoms with Crippen LogP contribution in [-0.2, 0) is 33.0 Å². The van der Waals surface area contributed by atoms with Crippen LogP contribution in [0.25, 0.3) is 0 Å². The lowest BCUT2D eigenvalue weighted by molar-refractivity contribution is 0.584. The Bertz CT molecular complexity index is 833. The monoisotopic (exact) mass is 366 g/mol. The van der Waals surface area contributed by atoms with Gasteiger partial charge in [-0.25, -0.2) is 26.7 Å². The van der Waals surface area contributed by atoms with Crippen LogP contribution in [0.3, 0.4) is 0 Å². The van der Waals surface area contributed by atoms with Crippen molar-refractivity contribution in [1.82, 2.24) is 4.72 Å². The van der Waals surface area contributed by atoms with Crippen LogP contribution >= 0.6 is 22.7 Å². The van der Waals surface area contributed by atoms with E-state index < -0.39 is 20.0 Å². The van der Waals surface area contributed by atoms with Gasteiger partial charge >= 0.3 is 0 Å². The average molecular weight is 367 g/mol. The lowest BCUT2D eigenvalue weighted by atomic mass is 10.4.